The van der Waals surface area contributed by atoms with Crippen molar-refractivity contribution >= 4 is 11.9 Å². The van der Waals surface area contributed by atoms with Gasteiger partial charge < -0.3 is 21.3 Å². The van der Waals surface area contributed by atoms with E-state index in [0.29, 0.717) is 13.1 Å². The van der Waals surface area contributed by atoms with Crippen LogP contribution in [-0.2, 0) is 4.79 Å². The van der Waals surface area contributed by atoms with E-state index in [1.165, 1.54) is 4.90 Å². The van der Waals surface area contributed by atoms with Crippen molar-refractivity contribution in [1.29, 1.82) is 0 Å². The van der Waals surface area contributed by atoms with E-state index in [0.717, 1.165) is 19.3 Å². The van der Waals surface area contributed by atoms with Gasteiger partial charge in [-0.25, -0.2) is 4.79 Å². The van der Waals surface area contributed by atoms with Crippen molar-refractivity contribution in [3.63, 3.8) is 0 Å². The summed E-state index contributed by atoms with van der Waals surface area (Å²) in [4.78, 5) is 24.4. The zero-order chi connectivity index (χ0) is 12.8. The van der Waals surface area contributed by atoms with Gasteiger partial charge in [0, 0.05) is 33.2 Å². The number of nitrogens with two attached hydrogens (primary N) is 1. The fourth-order valence-corrected chi connectivity index (χ4v) is 1.96. The van der Waals surface area contributed by atoms with E-state index in [2.05, 4.69) is 10.6 Å². The van der Waals surface area contributed by atoms with Gasteiger partial charge in [0.15, 0.2) is 0 Å². The monoisotopic (exact) mass is 242 g/mol. The number of hydrogen-bond donors (Lipinski definition) is 3. The molecule has 0 heterocycles. The van der Waals surface area contributed by atoms with Crippen LogP contribution in [0.1, 0.15) is 19.3 Å². The van der Waals surface area contributed by atoms with Gasteiger partial charge in [0.05, 0.1) is 5.92 Å². The third kappa shape index (κ3) is 4.22. The predicted octanol–water partition coefficient (Wildman–Crippen LogP) is -0.499. The fourth-order valence-electron chi connectivity index (χ4n) is 1.96. The highest BCUT2D eigenvalue weighted by Crippen LogP contribution is 2.23. The van der Waals surface area contributed by atoms with Crippen LogP contribution >= 0.6 is 0 Å². The quantitative estimate of drug-likeness (QED) is 0.581. The van der Waals surface area contributed by atoms with Gasteiger partial charge in [-0.15, -0.1) is 0 Å². The summed E-state index contributed by atoms with van der Waals surface area (Å²) in [5, 5.41) is 5.48. The molecule has 0 aliphatic heterocycles. The van der Waals surface area contributed by atoms with Crippen molar-refractivity contribution in [2.45, 2.75) is 25.3 Å². The minimum absolute atomic E-state index is 0.00799. The van der Waals surface area contributed by atoms with Crippen molar-refractivity contribution in [2.75, 3.05) is 27.2 Å². The van der Waals surface area contributed by atoms with Crippen molar-refractivity contribution in [3.05, 3.63) is 0 Å². The molecule has 0 aromatic carbocycles. The molecule has 1 aliphatic rings. The zero-order valence-electron chi connectivity index (χ0n) is 10.5. The minimum Gasteiger partial charge on any atom is -0.354 e. The Morgan fingerprint density at radius 2 is 1.88 bits per heavy atom. The highest BCUT2D eigenvalue weighted by atomic mass is 16.2. The molecule has 2 atom stereocenters. The minimum atomic E-state index is -0.156. The van der Waals surface area contributed by atoms with E-state index in [1.54, 1.807) is 14.1 Å². The highest BCUT2D eigenvalue weighted by Gasteiger charge is 2.29. The second kappa shape index (κ2) is 6.44. The molecule has 0 aromatic rings. The molecule has 6 nitrogen and oxygen atoms in total. The average molecular weight is 242 g/mol. The Labute approximate surface area is 102 Å². The molecule has 0 radical (unpaired) electrons. The number of nitrogens with zero attached hydrogens (tertiary/aromatic N) is 1. The summed E-state index contributed by atoms with van der Waals surface area (Å²) in [7, 11) is 3.34. The van der Waals surface area contributed by atoms with Crippen LogP contribution < -0.4 is 16.4 Å². The lowest BCUT2D eigenvalue weighted by Crippen LogP contribution is -2.43. The Balaban J connectivity index is 2.14. The molecule has 0 spiro atoms. The maximum Gasteiger partial charge on any atom is 0.316 e. The molecule has 0 aromatic heterocycles. The lowest BCUT2D eigenvalue weighted by atomic mass is 10.0. The molecule has 0 bridgehead atoms. The van der Waals surface area contributed by atoms with E-state index in [-0.39, 0.29) is 23.9 Å². The number of amides is 3. The topological polar surface area (TPSA) is 87.5 Å². The molecule has 6 heteroatoms. The molecular weight excluding hydrogens is 220 g/mol. The van der Waals surface area contributed by atoms with Gasteiger partial charge >= 0.3 is 6.03 Å². The van der Waals surface area contributed by atoms with Gasteiger partial charge in [0.25, 0.3) is 0 Å². The van der Waals surface area contributed by atoms with Crippen LogP contribution in [0, 0.1) is 5.92 Å². The molecule has 1 aliphatic carbocycles. The number of nitrogens with one attached hydrogen (secondary N) is 2. The maximum atomic E-state index is 11.7. The first-order chi connectivity index (χ1) is 8.02. The molecule has 3 amide bonds. The van der Waals surface area contributed by atoms with Crippen LogP contribution in [0.15, 0.2) is 0 Å². The van der Waals surface area contributed by atoms with Gasteiger partial charge in [0.1, 0.15) is 0 Å². The second-order valence-corrected chi connectivity index (χ2v) is 4.62. The van der Waals surface area contributed by atoms with Gasteiger partial charge in [-0.1, -0.05) is 6.42 Å². The van der Waals surface area contributed by atoms with Gasteiger partial charge in [-0.05, 0) is 12.8 Å². The molecule has 98 valence electrons. The normalized spacial score (nSPS) is 23.2. The smallest absolute Gasteiger partial charge is 0.316 e. The Bertz CT molecular complexity index is 281. The number of urea groups is 1. The van der Waals surface area contributed by atoms with Crippen molar-refractivity contribution in [3.8, 4) is 0 Å². The third-order valence-electron chi connectivity index (χ3n) is 3.01. The predicted molar refractivity (Wildman–Crippen MR) is 65.4 cm³/mol. The number of hydrogen-bond acceptors (Lipinski definition) is 3. The van der Waals surface area contributed by atoms with Crippen molar-refractivity contribution < 1.29 is 9.59 Å². The van der Waals surface area contributed by atoms with Gasteiger partial charge in [0.2, 0.25) is 5.91 Å². The number of rotatable bonds is 4. The Morgan fingerprint density at radius 3 is 2.41 bits per heavy atom. The van der Waals surface area contributed by atoms with Gasteiger partial charge in [-0.2, -0.15) is 0 Å². The van der Waals surface area contributed by atoms with Crippen LogP contribution in [0.5, 0.6) is 0 Å². The van der Waals surface area contributed by atoms with Crippen LogP contribution in [0.25, 0.3) is 0 Å². The first-order valence-corrected chi connectivity index (χ1v) is 6.01. The van der Waals surface area contributed by atoms with E-state index in [4.69, 9.17) is 5.73 Å². The summed E-state index contributed by atoms with van der Waals surface area (Å²) in [5.74, 6) is -0.0475. The van der Waals surface area contributed by atoms with E-state index in [1.807, 2.05) is 0 Å². The van der Waals surface area contributed by atoms with Crippen molar-refractivity contribution in [1.82, 2.24) is 15.5 Å². The summed E-state index contributed by atoms with van der Waals surface area (Å²) < 4.78 is 0. The van der Waals surface area contributed by atoms with E-state index >= 15 is 0 Å². The lowest BCUT2D eigenvalue weighted by molar-refractivity contribution is -0.125. The molecule has 2 unspecified atom stereocenters. The second-order valence-electron chi connectivity index (χ2n) is 4.62. The Hall–Kier alpha value is -1.30. The molecular formula is C11H22N4O2. The molecule has 1 rings (SSSR count). The van der Waals surface area contributed by atoms with Crippen molar-refractivity contribution in [2.24, 2.45) is 11.7 Å². The van der Waals surface area contributed by atoms with Crippen LogP contribution in [-0.4, -0.2) is 50.1 Å². The standard InChI is InChI=1S/C11H22N4O2/c1-15(2)11(17)14-7-6-13-10(16)8-4-3-5-9(8)12/h8-9H,3-7,12H2,1-2H3,(H,13,16)(H,14,17). The maximum absolute atomic E-state index is 11.7. The number of carbonyl (C=O) groups is 2. The summed E-state index contributed by atoms with van der Waals surface area (Å²) in [6.07, 6.45) is 2.82. The molecule has 1 saturated carbocycles. The Morgan fingerprint density at radius 1 is 1.24 bits per heavy atom. The zero-order valence-corrected chi connectivity index (χ0v) is 10.5. The van der Waals surface area contributed by atoms with Crippen LogP contribution in [0.4, 0.5) is 4.79 Å². The first kappa shape index (κ1) is 13.8. The summed E-state index contributed by atoms with van der Waals surface area (Å²) in [6.45, 7) is 0.881. The first-order valence-electron chi connectivity index (χ1n) is 6.01. The molecule has 17 heavy (non-hydrogen) atoms. The SMILES string of the molecule is CN(C)C(=O)NCCNC(=O)C1CCCC1N. The number of carbonyl (C=O) groups excluding carboxylic acids is 2. The van der Waals surface area contributed by atoms with Crippen LogP contribution in [0.3, 0.4) is 0 Å². The highest BCUT2D eigenvalue weighted by molar-refractivity contribution is 5.79. The molecule has 4 N–H and O–H groups in total. The summed E-state index contributed by atoms with van der Waals surface area (Å²) in [6, 6.07) is -0.164. The van der Waals surface area contributed by atoms with Gasteiger partial charge in [-0.3, -0.25) is 4.79 Å². The summed E-state index contributed by atoms with van der Waals surface area (Å²) >= 11 is 0. The largest absolute Gasteiger partial charge is 0.354 e. The summed E-state index contributed by atoms with van der Waals surface area (Å²) in [5.41, 5.74) is 5.83. The Kier molecular flexibility index (Phi) is 5.21. The molecule has 0 saturated heterocycles. The lowest BCUT2D eigenvalue weighted by Gasteiger charge is -2.16. The van der Waals surface area contributed by atoms with E-state index in [9.17, 15) is 9.59 Å². The average Bonchev–Trinajstić information content (AvgIpc) is 2.70. The fraction of sp³-hybridized carbons (Fsp3) is 0.818. The third-order valence-corrected chi connectivity index (χ3v) is 3.01. The van der Waals surface area contributed by atoms with E-state index < -0.39 is 0 Å². The van der Waals surface area contributed by atoms with Crippen LogP contribution in [0.2, 0.25) is 0 Å². The molecule has 1 fully saturated rings.